The van der Waals surface area contributed by atoms with Gasteiger partial charge in [-0.15, -0.1) is 0 Å². The van der Waals surface area contributed by atoms with Gasteiger partial charge in [-0.3, -0.25) is 4.99 Å². The molecule has 146 valence electrons. The van der Waals surface area contributed by atoms with Crippen LogP contribution in [-0.2, 0) is 16.1 Å². The number of aliphatic imine (C=N–C) groups is 1. The zero-order chi connectivity index (χ0) is 19.2. The zero-order valence-electron chi connectivity index (χ0n) is 16.1. The smallest absolute Gasteiger partial charge is 0.195 e. The summed E-state index contributed by atoms with van der Waals surface area (Å²) < 4.78 is 16.4. The highest BCUT2D eigenvalue weighted by Crippen LogP contribution is 2.17. The van der Waals surface area contributed by atoms with Gasteiger partial charge >= 0.3 is 0 Å². The van der Waals surface area contributed by atoms with Crippen LogP contribution in [0, 0.1) is 0 Å². The Balaban J connectivity index is 1.69. The summed E-state index contributed by atoms with van der Waals surface area (Å²) in [5.41, 5.74) is 2.08. The molecule has 0 aliphatic heterocycles. The van der Waals surface area contributed by atoms with Crippen molar-refractivity contribution in [2.24, 2.45) is 4.99 Å². The molecule has 2 N–H and O–H groups in total. The summed E-state index contributed by atoms with van der Waals surface area (Å²) in [6.07, 6.45) is 0.861. The van der Waals surface area contributed by atoms with Crippen molar-refractivity contribution in [2.45, 2.75) is 13.0 Å². The van der Waals surface area contributed by atoms with Crippen LogP contribution in [0.3, 0.4) is 0 Å². The summed E-state index contributed by atoms with van der Waals surface area (Å²) in [4.78, 5) is 4.24. The van der Waals surface area contributed by atoms with Crippen molar-refractivity contribution < 1.29 is 14.2 Å². The van der Waals surface area contributed by atoms with E-state index in [0.29, 0.717) is 38.9 Å². The Hall–Kier alpha value is -2.57. The molecule has 0 aliphatic carbocycles. The highest BCUT2D eigenvalue weighted by atomic mass is 16.5. The molecule has 2 aromatic rings. The van der Waals surface area contributed by atoms with Crippen LogP contribution in [0.2, 0.25) is 0 Å². The van der Waals surface area contributed by atoms with E-state index in [-0.39, 0.29) is 0 Å². The van der Waals surface area contributed by atoms with Crippen LogP contribution in [0.4, 0.5) is 5.69 Å². The molecule has 0 aliphatic rings. The van der Waals surface area contributed by atoms with E-state index in [1.54, 1.807) is 14.2 Å². The van der Waals surface area contributed by atoms with Crippen molar-refractivity contribution >= 4 is 11.6 Å². The van der Waals surface area contributed by atoms with Crippen molar-refractivity contribution in [1.82, 2.24) is 5.32 Å². The molecule has 27 heavy (non-hydrogen) atoms. The second-order valence-corrected chi connectivity index (χ2v) is 5.88. The Bertz CT molecular complexity index is 677. The molecule has 0 heterocycles. The van der Waals surface area contributed by atoms with Crippen LogP contribution in [0.1, 0.15) is 12.0 Å². The average Bonchev–Trinajstić information content (AvgIpc) is 2.71. The van der Waals surface area contributed by atoms with Gasteiger partial charge in [-0.1, -0.05) is 36.4 Å². The third-order valence-electron chi connectivity index (χ3n) is 3.73. The van der Waals surface area contributed by atoms with Gasteiger partial charge in [0.1, 0.15) is 5.75 Å². The Labute approximate surface area is 161 Å². The molecule has 0 radical (unpaired) electrons. The van der Waals surface area contributed by atoms with Crippen molar-refractivity contribution in [3.8, 4) is 5.75 Å². The first-order valence-electron chi connectivity index (χ1n) is 9.13. The highest BCUT2D eigenvalue weighted by molar-refractivity contribution is 5.93. The quantitative estimate of drug-likeness (QED) is 0.360. The highest BCUT2D eigenvalue weighted by Gasteiger charge is 2.01. The standard InChI is InChI=1S/C21H29N3O3/c1-22-21(23-12-15-26-17-18-8-4-3-5-9-18)24-19-10-6-11-20(16-19)27-14-7-13-25-2/h3-6,8-11,16H,7,12-15,17H2,1-2H3,(H2,22,23,24). The number of guanidine groups is 1. The second kappa shape index (κ2) is 12.7. The number of ether oxygens (including phenoxy) is 3. The molecule has 2 aromatic carbocycles. The predicted molar refractivity (Wildman–Crippen MR) is 110 cm³/mol. The van der Waals surface area contributed by atoms with Gasteiger partial charge in [0, 0.05) is 45.5 Å². The van der Waals surface area contributed by atoms with Crippen LogP contribution in [0.5, 0.6) is 5.75 Å². The van der Waals surface area contributed by atoms with Crippen molar-refractivity contribution in [2.75, 3.05) is 45.8 Å². The fourth-order valence-corrected chi connectivity index (χ4v) is 2.38. The minimum absolute atomic E-state index is 0.595. The van der Waals surface area contributed by atoms with Crippen molar-refractivity contribution in [1.29, 1.82) is 0 Å². The molecular weight excluding hydrogens is 342 g/mol. The van der Waals surface area contributed by atoms with Gasteiger partial charge in [-0.25, -0.2) is 0 Å². The van der Waals surface area contributed by atoms with Gasteiger partial charge < -0.3 is 24.8 Å². The molecular formula is C21H29N3O3. The summed E-state index contributed by atoms with van der Waals surface area (Å²) in [5, 5.41) is 6.50. The number of nitrogens with one attached hydrogen (secondary N) is 2. The van der Waals surface area contributed by atoms with Crippen molar-refractivity contribution in [3.63, 3.8) is 0 Å². The first kappa shape index (κ1) is 20.7. The maximum Gasteiger partial charge on any atom is 0.195 e. The number of anilines is 1. The van der Waals surface area contributed by atoms with E-state index < -0.39 is 0 Å². The number of rotatable bonds is 11. The lowest BCUT2D eigenvalue weighted by Gasteiger charge is -2.13. The monoisotopic (exact) mass is 371 g/mol. The normalized spacial score (nSPS) is 11.3. The van der Waals surface area contributed by atoms with E-state index in [0.717, 1.165) is 17.9 Å². The number of hydrogen-bond donors (Lipinski definition) is 2. The van der Waals surface area contributed by atoms with Gasteiger partial charge in [-0.2, -0.15) is 0 Å². The minimum atomic E-state index is 0.595. The zero-order valence-corrected chi connectivity index (χ0v) is 16.1. The lowest BCUT2D eigenvalue weighted by molar-refractivity contribution is 0.125. The van der Waals surface area contributed by atoms with Crippen LogP contribution in [0.25, 0.3) is 0 Å². The minimum Gasteiger partial charge on any atom is -0.493 e. The van der Waals surface area contributed by atoms with Gasteiger partial charge in [0.05, 0.1) is 19.8 Å². The van der Waals surface area contributed by atoms with Crippen LogP contribution < -0.4 is 15.4 Å². The van der Waals surface area contributed by atoms with Gasteiger partial charge in [0.2, 0.25) is 0 Å². The van der Waals surface area contributed by atoms with Crippen LogP contribution in [0.15, 0.2) is 59.6 Å². The van der Waals surface area contributed by atoms with Gasteiger partial charge in [0.25, 0.3) is 0 Å². The second-order valence-electron chi connectivity index (χ2n) is 5.88. The summed E-state index contributed by atoms with van der Waals surface area (Å²) >= 11 is 0. The number of methoxy groups -OCH3 is 1. The van der Waals surface area contributed by atoms with E-state index in [4.69, 9.17) is 14.2 Å². The van der Waals surface area contributed by atoms with Gasteiger partial charge in [0.15, 0.2) is 5.96 Å². The fraction of sp³-hybridized carbons (Fsp3) is 0.381. The van der Waals surface area contributed by atoms with E-state index >= 15 is 0 Å². The molecule has 6 nitrogen and oxygen atoms in total. The molecule has 0 bridgehead atoms. The number of benzene rings is 2. The largest absolute Gasteiger partial charge is 0.493 e. The van der Waals surface area contributed by atoms with E-state index in [9.17, 15) is 0 Å². The Kier molecular flexibility index (Phi) is 9.78. The Morgan fingerprint density at radius 3 is 2.63 bits per heavy atom. The number of nitrogens with zero attached hydrogens (tertiary/aromatic N) is 1. The maximum absolute atomic E-state index is 5.72. The topological polar surface area (TPSA) is 64.1 Å². The number of hydrogen-bond acceptors (Lipinski definition) is 4. The molecule has 0 aromatic heterocycles. The Morgan fingerprint density at radius 1 is 1.00 bits per heavy atom. The fourth-order valence-electron chi connectivity index (χ4n) is 2.38. The molecule has 0 saturated heterocycles. The Morgan fingerprint density at radius 2 is 1.85 bits per heavy atom. The van der Waals surface area contributed by atoms with Gasteiger partial charge in [-0.05, 0) is 17.7 Å². The lowest BCUT2D eigenvalue weighted by atomic mass is 10.2. The summed E-state index contributed by atoms with van der Waals surface area (Å²) in [5.74, 6) is 1.51. The SMILES string of the molecule is CN=C(NCCOCc1ccccc1)Nc1cccc(OCCCOC)c1. The lowest BCUT2D eigenvalue weighted by Crippen LogP contribution is -2.33. The molecule has 0 saturated carbocycles. The van der Waals surface area contributed by atoms with Crippen LogP contribution >= 0.6 is 0 Å². The van der Waals surface area contributed by atoms with E-state index in [1.165, 1.54) is 5.56 Å². The summed E-state index contributed by atoms with van der Waals surface area (Å²) in [6.45, 7) is 3.19. The third kappa shape index (κ3) is 8.57. The molecule has 0 unspecified atom stereocenters. The summed E-state index contributed by atoms with van der Waals surface area (Å²) in [6, 6.07) is 17.9. The van der Waals surface area contributed by atoms with E-state index in [2.05, 4.69) is 27.8 Å². The molecule has 0 atom stereocenters. The van der Waals surface area contributed by atoms with E-state index in [1.807, 2.05) is 42.5 Å². The first-order chi connectivity index (χ1) is 13.3. The average molecular weight is 371 g/mol. The predicted octanol–water partition coefficient (Wildman–Crippen LogP) is 3.31. The first-order valence-corrected chi connectivity index (χ1v) is 9.13. The summed E-state index contributed by atoms with van der Waals surface area (Å²) in [7, 11) is 3.43. The molecule has 0 amide bonds. The maximum atomic E-state index is 5.72. The molecule has 0 spiro atoms. The molecule has 6 heteroatoms. The third-order valence-corrected chi connectivity index (χ3v) is 3.73. The molecule has 0 fully saturated rings. The molecule has 2 rings (SSSR count). The van der Waals surface area contributed by atoms with Crippen molar-refractivity contribution in [3.05, 3.63) is 60.2 Å². The van der Waals surface area contributed by atoms with Crippen LogP contribution in [-0.4, -0.2) is 46.5 Å².